The number of aromatic nitrogens is 4. The molecule has 0 bridgehead atoms. The molecule has 0 N–H and O–H groups in total. The third-order valence-electron chi connectivity index (χ3n) is 3.83. The Morgan fingerprint density at radius 2 is 1.41 bits per heavy atom. The standard InChI is InChI=1S/C7H7ClN2O2.C6H5ClN2O2.2C4H9.Al.H/c1-4(11)5-3-6(12-2)10-7(8)9-5;1-11-5-2-4(3-10)8-6(7)9-5;2*1-4(2)3;;/h3H,1-2H3;2-3H,1H3;2*4H,1H2,2-3H3;;. The Balaban J connectivity index is 0.000000456. The fourth-order valence-corrected chi connectivity index (χ4v) is 4.42. The van der Waals surface area contributed by atoms with E-state index in [1.54, 1.807) is 0 Å². The van der Waals surface area contributed by atoms with Crippen LogP contribution in [0.4, 0.5) is 0 Å². The molecule has 8 nitrogen and oxygen atoms in total. The van der Waals surface area contributed by atoms with Crippen molar-refractivity contribution in [3.8, 4) is 11.8 Å². The second-order valence-corrected chi connectivity index (χ2v) is 10.1. The average Bonchev–Trinajstić information content (AvgIpc) is 2.73. The average molecular weight is 501 g/mol. The number of rotatable bonds is 8. The van der Waals surface area contributed by atoms with Gasteiger partial charge in [0.1, 0.15) is 11.4 Å². The van der Waals surface area contributed by atoms with E-state index in [-0.39, 0.29) is 33.6 Å². The van der Waals surface area contributed by atoms with Crippen LogP contribution in [0.1, 0.15) is 55.6 Å². The van der Waals surface area contributed by atoms with Crippen LogP contribution >= 0.6 is 23.2 Å². The zero-order chi connectivity index (χ0) is 24.7. The molecule has 32 heavy (non-hydrogen) atoms. The molecule has 0 aliphatic carbocycles. The highest BCUT2D eigenvalue weighted by molar-refractivity contribution is 6.35. The fourth-order valence-electron chi connectivity index (χ4n) is 2.19. The monoisotopic (exact) mass is 500 g/mol. The second-order valence-electron chi connectivity index (χ2n) is 7.56. The van der Waals surface area contributed by atoms with Crippen molar-refractivity contribution in [2.45, 2.75) is 45.2 Å². The van der Waals surface area contributed by atoms with E-state index < -0.39 is 0 Å². The summed E-state index contributed by atoms with van der Waals surface area (Å²) in [7, 11) is 2.88. The summed E-state index contributed by atoms with van der Waals surface area (Å²) in [6, 6.07) is 2.84. The Hall–Kier alpha value is -1.79. The molecule has 176 valence electrons. The van der Waals surface area contributed by atoms with Crippen LogP contribution in [0, 0.1) is 11.8 Å². The smallest absolute Gasteiger partial charge is 0.237 e. The third kappa shape index (κ3) is 14.3. The number of hydrogen-bond acceptors (Lipinski definition) is 8. The molecule has 11 heteroatoms. The lowest BCUT2D eigenvalue weighted by molar-refractivity contribution is 0.101. The van der Waals surface area contributed by atoms with Gasteiger partial charge in [-0.25, -0.2) is 9.97 Å². The van der Waals surface area contributed by atoms with Crippen LogP contribution in [0.15, 0.2) is 12.1 Å². The number of nitrogens with zero attached hydrogens (tertiary/aromatic N) is 4. The summed E-state index contributed by atoms with van der Waals surface area (Å²) in [6.45, 7) is 10.7. The molecule has 0 spiro atoms. The molecule has 2 aromatic rings. The van der Waals surface area contributed by atoms with Gasteiger partial charge in [-0.3, -0.25) is 9.59 Å². The van der Waals surface area contributed by atoms with Crippen molar-refractivity contribution >= 4 is 50.5 Å². The Morgan fingerprint density at radius 3 is 1.81 bits per heavy atom. The van der Waals surface area contributed by atoms with Crippen molar-refractivity contribution in [3.63, 3.8) is 0 Å². The van der Waals surface area contributed by atoms with Crippen molar-refractivity contribution in [1.82, 2.24) is 19.9 Å². The first kappa shape index (κ1) is 30.2. The molecule has 2 aromatic heterocycles. The summed E-state index contributed by atoms with van der Waals surface area (Å²) in [4.78, 5) is 35.8. The number of methoxy groups -OCH3 is 2. The molecule has 0 saturated carbocycles. The van der Waals surface area contributed by atoms with E-state index in [9.17, 15) is 9.59 Å². The third-order valence-corrected chi connectivity index (χ3v) is 7.30. The minimum absolute atomic E-state index is 0.00597. The number of hydrogen-bond donors (Lipinski definition) is 0. The molecule has 0 fully saturated rings. The summed E-state index contributed by atoms with van der Waals surface area (Å²) >= 11 is 11.3. The molecular weight excluding hydrogens is 470 g/mol. The molecule has 0 atom stereocenters. The summed E-state index contributed by atoms with van der Waals surface area (Å²) in [5, 5.41) is 3.10. The van der Waals surface area contributed by atoms with Gasteiger partial charge >= 0.3 is 0 Å². The molecular formula is C21H31AlCl2N4O4. The van der Waals surface area contributed by atoms with E-state index in [4.69, 9.17) is 32.7 Å². The maximum atomic E-state index is 10.9. The summed E-state index contributed by atoms with van der Waals surface area (Å²) in [5.74, 6) is 2.32. The van der Waals surface area contributed by atoms with E-state index in [0.717, 1.165) is 11.8 Å². The number of carbonyl (C=O) groups excluding carboxylic acids is 2. The van der Waals surface area contributed by atoms with Crippen LogP contribution < -0.4 is 9.47 Å². The van der Waals surface area contributed by atoms with Gasteiger partial charge in [-0.2, -0.15) is 9.97 Å². The highest BCUT2D eigenvalue weighted by atomic mass is 35.5. The Labute approximate surface area is 206 Å². The normalized spacial score (nSPS) is 9.84. The van der Waals surface area contributed by atoms with Crippen LogP contribution in [-0.4, -0.2) is 61.4 Å². The zero-order valence-corrected chi connectivity index (χ0v) is 22.6. The fraction of sp³-hybridized carbons (Fsp3) is 0.524. The van der Waals surface area contributed by atoms with Crippen LogP contribution in [0.2, 0.25) is 21.1 Å². The number of Topliss-reactive ketones (excluding diaryl/α,β-unsaturated/α-hetero) is 1. The summed E-state index contributed by atoms with van der Waals surface area (Å²) in [6.07, 6.45) is 0.579. The largest absolute Gasteiger partial charge is 0.481 e. The zero-order valence-electron chi connectivity index (χ0n) is 19.7. The Kier molecular flexibility index (Phi) is 15.9. The van der Waals surface area contributed by atoms with E-state index in [1.807, 2.05) is 0 Å². The second kappa shape index (κ2) is 16.8. The molecule has 0 aromatic carbocycles. The van der Waals surface area contributed by atoms with Crippen LogP contribution in [0.25, 0.3) is 0 Å². The first-order chi connectivity index (χ1) is 15.0. The van der Waals surface area contributed by atoms with E-state index in [2.05, 4.69) is 47.6 Å². The van der Waals surface area contributed by atoms with Gasteiger partial charge in [0.2, 0.25) is 37.5 Å². The predicted octanol–water partition coefficient (Wildman–Crippen LogP) is 4.86. The lowest BCUT2D eigenvalue weighted by Crippen LogP contribution is -2.00. The lowest BCUT2D eigenvalue weighted by atomic mass is 10.3. The van der Waals surface area contributed by atoms with Gasteiger partial charge < -0.3 is 9.47 Å². The van der Waals surface area contributed by atoms with Gasteiger partial charge in [-0.05, 0) is 23.2 Å². The van der Waals surface area contributed by atoms with Gasteiger partial charge in [0.25, 0.3) is 0 Å². The lowest BCUT2D eigenvalue weighted by Gasteiger charge is -2.03. The number of ketones is 1. The van der Waals surface area contributed by atoms with Crippen molar-refractivity contribution in [2.75, 3.05) is 14.2 Å². The molecule has 0 aliphatic rings. The van der Waals surface area contributed by atoms with Crippen LogP contribution in [0.3, 0.4) is 0 Å². The number of halogens is 2. The van der Waals surface area contributed by atoms with Gasteiger partial charge in [0.15, 0.2) is 12.1 Å². The maximum Gasteiger partial charge on any atom is 0.237 e. The maximum absolute atomic E-state index is 10.9. The number of carbonyl (C=O) groups is 2. The van der Waals surface area contributed by atoms with Crippen molar-refractivity contribution in [2.24, 2.45) is 11.8 Å². The topological polar surface area (TPSA) is 104 Å². The van der Waals surface area contributed by atoms with E-state index >= 15 is 0 Å². The van der Waals surface area contributed by atoms with Crippen molar-refractivity contribution in [3.05, 3.63) is 34.1 Å². The number of aldehydes is 1. The summed E-state index contributed by atoms with van der Waals surface area (Å²) in [5.41, 5.74) is 0.466. The van der Waals surface area contributed by atoms with Gasteiger partial charge in [0.05, 0.1) is 14.2 Å². The molecule has 2 heterocycles. The predicted molar refractivity (Wildman–Crippen MR) is 129 cm³/mol. The highest BCUT2D eigenvalue weighted by Gasteiger charge is 2.06. The summed E-state index contributed by atoms with van der Waals surface area (Å²) < 4.78 is 9.54. The van der Waals surface area contributed by atoms with E-state index in [1.165, 1.54) is 43.8 Å². The highest BCUT2D eigenvalue weighted by Crippen LogP contribution is 2.12. The first-order valence-electron chi connectivity index (χ1n) is 10.2. The van der Waals surface area contributed by atoms with E-state index in [0.29, 0.717) is 27.4 Å². The first-order valence-corrected chi connectivity index (χ1v) is 12.9. The van der Waals surface area contributed by atoms with Crippen molar-refractivity contribution in [1.29, 1.82) is 0 Å². The van der Waals surface area contributed by atoms with Gasteiger partial charge in [-0.1, -0.05) is 50.1 Å². The van der Waals surface area contributed by atoms with Gasteiger partial charge in [-0.15, -0.1) is 0 Å². The number of ether oxygens (including phenoxy) is 2. The van der Waals surface area contributed by atoms with Crippen molar-refractivity contribution < 1.29 is 19.1 Å². The quantitative estimate of drug-likeness (QED) is 0.219. The van der Waals surface area contributed by atoms with Crippen LogP contribution in [-0.2, 0) is 0 Å². The Morgan fingerprint density at radius 1 is 0.938 bits per heavy atom. The molecule has 0 saturated heterocycles. The minimum atomic E-state index is -0.169. The molecule has 2 rings (SSSR count). The molecule has 0 unspecified atom stereocenters. The van der Waals surface area contributed by atoms with Crippen LogP contribution in [0.5, 0.6) is 11.8 Å². The Bertz CT molecular complexity index is 847. The molecule has 0 radical (unpaired) electrons. The SMILES string of the molecule is CC(C)[CH2][AlH][CH2]C(C)C.COc1cc(C(C)=O)nc(Cl)n1.COc1cc(C=O)nc(Cl)n1. The molecule has 0 aliphatic heterocycles. The minimum Gasteiger partial charge on any atom is -0.481 e. The van der Waals surface area contributed by atoms with Gasteiger partial charge in [0, 0.05) is 19.1 Å². The molecule has 0 amide bonds.